The van der Waals surface area contributed by atoms with E-state index < -0.39 is 21.7 Å². The number of benzene rings is 1. The molecule has 1 atom stereocenters. The van der Waals surface area contributed by atoms with Gasteiger partial charge in [-0.2, -0.15) is 4.31 Å². The highest BCUT2D eigenvalue weighted by atomic mass is 32.2. The highest BCUT2D eigenvalue weighted by Crippen LogP contribution is 2.37. The highest BCUT2D eigenvalue weighted by Gasteiger charge is 2.44. The Kier molecular flexibility index (Phi) is 5.03. The van der Waals surface area contributed by atoms with E-state index in [9.17, 15) is 12.8 Å². The number of hydrogen-bond acceptors (Lipinski definition) is 4. The number of aryl methyl sites for hydroxylation is 1. The van der Waals surface area contributed by atoms with Gasteiger partial charge in [0, 0.05) is 17.0 Å². The van der Waals surface area contributed by atoms with Crippen LogP contribution in [-0.2, 0) is 21.2 Å². The van der Waals surface area contributed by atoms with Crippen molar-refractivity contribution in [2.75, 3.05) is 13.2 Å². The van der Waals surface area contributed by atoms with Gasteiger partial charge in [0.2, 0.25) is 0 Å². The van der Waals surface area contributed by atoms with Crippen LogP contribution in [0.3, 0.4) is 0 Å². The fourth-order valence-electron chi connectivity index (χ4n) is 2.97. The van der Waals surface area contributed by atoms with Crippen LogP contribution in [0.15, 0.2) is 40.6 Å². The lowest BCUT2D eigenvalue weighted by Crippen LogP contribution is -2.56. The fourth-order valence-corrected chi connectivity index (χ4v) is 6.15. The Labute approximate surface area is 152 Å². The van der Waals surface area contributed by atoms with Crippen LogP contribution in [0.4, 0.5) is 4.39 Å². The molecule has 25 heavy (non-hydrogen) atoms. The molecule has 0 radical (unpaired) electrons. The molecule has 1 unspecified atom stereocenters. The largest absolute Gasteiger partial charge is 0.370 e. The van der Waals surface area contributed by atoms with Crippen LogP contribution in [0, 0.1) is 5.82 Å². The van der Waals surface area contributed by atoms with E-state index in [0.717, 1.165) is 11.3 Å². The molecule has 0 bridgehead atoms. The molecule has 0 amide bonds. The molecular formula is C18H22FNO3S2. The topological polar surface area (TPSA) is 46.6 Å². The lowest BCUT2D eigenvalue weighted by molar-refractivity contribution is -0.0667. The van der Waals surface area contributed by atoms with Crippen molar-refractivity contribution in [2.24, 2.45) is 0 Å². The van der Waals surface area contributed by atoms with Crippen LogP contribution >= 0.6 is 11.3 Å². The van der Waals surface area contributed by atoms with E-state index in [4.69, 9.17) is 4.74 Å². The minimum absolute atomic E-state index is 0.0929. The third-order valence-corrected chi connectivity index (χ3v) is 8.20. The molecule has 4 nitrogen and oxygen atoms in total. The Hall–Kier alpha value is -1.28. The van der Waals surface area contributed by atoms with E-state index in [1.807, 2.05) is 26.8 Å². The van der Waals surface area contributed by atoms with Gasteiger partial charge in [-0.1, -0.05) is 25.1 Å². The molecule has 1 aromatic carbocycles. The maximum Gasteiger partial charge on any atom is 0.253 e. The summed E-state index contributed by atoms with van der Waals surface area (Å²) in [5, 5.41) is 0. The first-order valence-corrected chi connectivity index (χ1v) is 10.5. The molecule has 0 spiro atoms. The monoisotopic (exact) mass is 383 g/mol. The summed E-state index contributed by atoms with van der Waals surface area (Å²) in [4.78, 5) is 1.02. The third kappa shape index (κ3) is 3.51. The predicted molar refractivity (Wildman–Crippen MR) is 96.8 cm³/mol. The van der Waals surface area contributed by atoms with Crippen molar-refractivity contribution < 1.29 is 17.5 Å². The SMILES string of the molecule is CCc1ccc(S(=O)(=O)N2CC(c3ccccc3F)OCC2(C)C)s1. The second-order valence-corrected chi connectivity index (χ2v) is 10.0. The van der Waals surface area contributed by atoms with Gasteiger partial charge in [-0.3, -0.25) is 0 Å². The summed E-state index contributed by atoms with van der Waals surface area (Å²) < 4.78 is 48.1. The fraction of sp³-hybridized carbons (Fsp3) is 0.444. The first-order chi connectivity index (χ1) is 11.8. The van der Waals surface area contributed by atoms with Gasteiger partial charge < -0.3 is 4.74 Å². The number of hydrogen-bond donors (Lipinski definition) is 0. The first kappa shape index (κ1) is 18.5. The molecule has 1 aromatic heterocycles. The smallest absolute Gasteiger partial charge is 0.253 e. The Morgan fingerprint density at radius 2 is 2.00 bits per heavy atom. The number of morpholine rings is 1. The van der Waals surface area contributed by atoms with E-state index >= 15 is 0 Å². The molecular weight excluding hydrogens is 361 g/mol. The standard InChI is InChI=1S/C18H22FNO3S2/c1-4-13-9-10-17(24-13)25(21,22)20-11-16(23-12-18(20,2)3)14-7-5-6-8-15(14)19/h5-10,16H,4,11-12H2,1-3H3. The van der Waals surface area contributed by atoms with Crippen LogP contribution in [0.1, 0.15) is 37.3 Å². The minimum atomic E-state index is -3.66. The van der Waals surface area contributed by atoms with Crippen LogP contribution < -0.4 is 0 Å². The van der Waals surface area contributed by atoms with Crippen molar-refractivity contribution in [3.63, 3.8) is 0 Å². The normalized spacial score (nSPS) is 21.4. The number of ether oxygens (including phenoxy) is 1. The van der Waals surface area contributed by atoms with Gasteiger partial charge in [0.05, 0.1) is 18.2 Å². The lowest BCUT2D eigenvalue weighted by Gasteiger charge is -2.44. The second-order valence-electron chi connectivity index (χ2n) is 6.74. The zero-order valence-corrected chi connectivity index (χ0v) is 16.2. The average molecular weight is 384 g/mol. The molecule has 1 aliphatic rings. The van der Waals surface area contributed by atoms with Gasteiger partial charge in [-0.15, -0.1) is 11.3 Å². The summed E-state index contributed by atoms with van der Waals surface area (Å²) >= 11 is 1.29. The minimum Gasteiger partial charge on any atom is -0.370 e. The quantitative estimate of drug-likeness (QED) is 0.802. The Bertz CT molecular complexity index is 861. The van der Waals surface area contributed by atoms with Crippen molar-refractivity contribution >= 4 is 21.4 Å². The maximum absolute atomic E-state index is 14.1. The number of thiophene rings is 1. The van der Waals surface area contributed by atoms with E-state index in [0.29, 0.717) is 9.77 Å². The average Bonchev–Trinajstić information content (AvgIpc) is 3.05. The van der Waals surface area contributed by atoms with Crippen LogP contribution in [0.25, 0.3) is 0 Å². The Balaban J connectivity index is 1.96. The van der Waals surface area contributed by atoms with Crippen LogP contribution in [-0.4, -0.2) is 31.4 Å². The van der Waals surface area contributed by atoms with E-state index in [1.54, 1.807) is 24.3 Å². The highest BCUT2D eigenvalue weighted by molar-refractivity contribution is 7.91. The molecule has 1 aliphatic heterocycles. The molecule has 136 valence electrons. The summed E-state index contributed by atoms with van der Waals surface area (Å²) in [5.74, 6) is -0.381. The second kappa shape index (κ2) is 6.79. The molecule has 0 N–H and O–H groups in total. The summed E-state index contributed by atoms with van der Waals surface area (Å²) in [6.07, 6.45) is 0.180. The molecule has 7 heteroatoms. The number of sulfonamides is 1. The zero-order valence-electron chi connectivity index (χ0n) is 14.5. The van der Waals surface area contributed by atoms with Crippen molar-refractivity contribution in [1.82, 2.24) is 4.31 Å². The van der Waals surface area contributed by atoms with Gasteiger partial charge >= 0.3 is 0 Å². The summed E-state index contributed by atoms with van der Waals surface area (Å²) in [5.41, 5.74) is -0.310. The van der Waals surface area contributed by atoms with Gasteiger partial charge in [-0.05, 0) is 38.5 Å². The lowest BCUT2D eigenvalue weighted by atomic mass is 10.0. The summed E-state index contributed by atoms with van der Waals surface area (Å²) in [6.45, 7) is 5.95. The molecule has 2 heterocycles. The van der Waals surface area contributed by atoms with Gasteiger partial charge in [0.1, 0.15) is 10.0 Å². The van der Waals surface area contributed by atoms with Crippen molar-refractivity contribution in [3.05, 3.63) is 52.7 Å². The summed E-state index contributed by atoms with van der Waals surface area (Å²) in [7, 11) is -3.66. The number of rotatable bonds is 4. The third-order valence-electron chi connectivity index (χ3n) is 4.43. The van der Waals surface area contributed by atoms with Gasteiger partial charge in [-0.25, -0.2) is 12.8 Å². The van der Waals surface area contributed by atoms with Gasteiger partial charge in [0.25, 0.3) is 10.0 Å². The van der Waals surface area contributed by atoms with Crippen molar-refractivity contribution in [2.45, 2.75) is 43.0 Å². The molecule has 1 fully saturated rings. The summed E-state index contributed by atoms with van der Waals surface area (Å²) in [6, 6.07) is 9.85. The zero-order chi connectivity index (χ0) is 18.2. The number of halogens is 1. The van der Waals surface area contributed by atoms with E-state index in [2.05, 4.69) is 0 Å². The molecule has 0 aliphatic carbocycles. The van der Waals surface area contributed by atoms with Crippen LogP contribution in [0.5, 0.6) is 0 Å². The molecule has 0 saturated carbocycles. The van der Waals surface area contributed by atoms with E-state index in [-0.39, 0.29) is 19.0 Å². The van der Waals surface area contributed by atoms with Gasteiger partial charge in [0.15, 0.2) is 0 Å². The predicted octanol–water partition coefficient (Wildman–Crippen LogP) is 3.99. The Morgan fingerprint density at radius 1 is 1.28 bits per heavy atom. The molecule has 2 aromatic rings. The number of nitrogens with zero attached hydrogens (tertiary/aromatic N) is 1. The Morgan fingerprint density at radius 3 is 2.64 bits per heavy atom. The van der Waals surface area contributed by atoms with Crippen molar-refractivity contribution in [3.8, 4) is 0 Å². The van der Waals surface area contributed by atoms with Crippen LogP contribution in [0.2, 0.25) is 0 Å². The molecule has 1 saturated heterocycles. The van der Waals surface area contributed by atoms with E-state index in [1.165, 1.54) is 21.7 Å². The molecule has 3 rings (SSSR count). The first-order valence-electron chi connectivity index (χ1n) is 8.23. The maximum atomic E-state index is 14.1. The van der Waals surface area contributed by atoms with Crippen molar-refractivity contribution in [1.29, 1.82) is 0 Å².